The van der Waals surface area contributed by atoms with Crippen molar-refractivity contribution >= 4 is 22.6 Å². The molecule has 1 aliphatic heterocycles. The van der Waals surface area contributed by atoms with Gasteiger partial charge in [-0.05, 0) is 81.0 Å². The standard InChI is InChI=1S/C32H35N7O/c1-37(2)19-22-6-8-23(9-7-22)29-18-27-26(14-15-33-32(27)35-29)28-20-38(3)36-31(28)24-10-12-25(13-11-24)34-30(40)21-39-16-4-5-17-39/h6-15,18,20H,4-5,16-17,19,21H2,1-3H3,(H,33,35)(H,34,40). The van der Waals surface area contributed by atoms with E-state index < -0.39 is 0 Å². The number of nitrogens with one attached hydrogen (secondary N) is 2. The van der Waals surface area contributed by atoms with Gasteiger partial charge in [0.25, 0.3) is 0 Å². The molecule has 1 fully saturated rings. The van der Waals surface area contributed by atoms with E-state index in [2.05, 4.69) is 75.7 Å². The molecule has 40 heavy (non-hydrogen) atoms. The molecule has 0 unspecified atom stereocenters. The Morgan fingerprint density at radius 3 is 2.42 bits per heavy atom. The first-order chi connectivity index (χ1) is 19.4. The van der Waals surface area contributed by atoms with Crippen LogP contribution in [0.4, 0.5) is 5.69 Å². The number of rotatable bonds is 8. The zero-order chi connectivity index (χ0) is 27.6. The van der Waals surface area contributed by atoms with E-state index in [0.717, 1.165) is 70.0 Å². The van der Waals surface area contributed by atoms with Crippen molar-refractivity contribution in [2.75, 3.05) is 39.0 Å². The molecule has 0 saturated carbocycles. The highest BCUT2D eigenvalue weighted by molar-refractivity contribution is 5.99. The summed E-state index contributed by atoms with van der Waals surface area (Å²) in [5, 5.41) is 8.89. The van der Waals surface area contributed by atoms with Gasteiger partial charge in [0.15, 0.2) is 0 Å². The third-order valence-electron chi connectivity index (χ3n) is 7.42. The second-order valence-electron chi connectivity index (χ2n) is 10.9. The van der Waals surface area contributed by atoms with E-state index in [1.807, 2.05) is 48.3 Å². The van der Waals surface area contributed by atoms with Crippen molar-refractivity contribution in [3.8, 4) is 33.6 Å². The van der Waals surface area contributed by atoms with Crippen molar-refractivity contribution in [1.82, 2.24) is 29.5 Å². The van der Waals surface area contributed by atoms with E-state index in [-0.39, 0.29) is 5.91 Å². The molecule has 0 atom stereocenters. The molecule has 2 N–H and O–H groups in total. The van der Waals surface area contributed by atoms with Gasteiger partial charge in [-0.15, -0.1) is 0 Å². The number of H-pyrrole nitrogens is 1. The molecule has 1 saturated heterocycles. The SMILES string of the molecule is CN(C)Cc1ccc(-c2cc3c(-c4cn(C)nc4-c4ccc(NC(=O)CN5CCCC5)cc4)ccnc3[nH]2)cc1. The summed E-state index contributed by atoms with van der Waals surface area (Å²) in [6.45, 7) is 3.36. The number of nitrogens with zero attached hydrogens (tertiary/aromatic N) is 5. The Balaban J connectivity index is 1.27. The lowest BCUT2D eigenvalue weighted by Gasteiger charge is -2.14. The Bertz CT molecular complexity index is 1620. The molecule has 1 aliphatic rings. The summed E-state index contributed by atoms with van der Waals surface area (Å²) in [6, 6.07) is 20.8. The highest BCUT2D eigenvalue weighted by atomic mass is 16.2. The van der Waals surface area contributed by atoms with Crippen LogP contribution in [-0.4, -0.2) is 69.2 Å². The van der Waals surface area contributed by atoms with Crippen molar-refractivity contribution in [2.24, 2.45) is 7.05 Å². The first-order valence-corrected chi connectivity index (χ1v) is 13.8. The summed E-state index contributed by atoms with van der Waals surface area (Å²) in [4.78, 5) is 25.0. The van der Waals surface area contributed by atoms with Crippen molar-refractivity contribution in [1.29, 1.82) is 0 Å². The third kappa shape index (κ3) is 5.54. The summed E-state index contributed by atoms with van der Waals surface area (Å²) >= 11 is 0. The number of fused-ring (bicyclic) bond motifs is 1. The minimum atomic E-state index is 0.0305. The van der Waals surface area contributed by atoms with Crippen LogP contribution in [-0.2, 0) is 18.4 Å². The molecule has 4 heterocycles. The quantitative estimate of drug-likeness (QED) is 0.279. The van der Waals surface area contributed by atoms with Crippen molar-refractivity contribution < 1.29 is 4.79 Å². The third-order valence-corrected chi connectivity index (χ3v) is 7.42. The molecule has 8 heteroatoms. The maximum atomic E-state index is 12.5. The Morgan fingerprint density at radius 2 is 1.70 bits per heavy atom. The smallest absolute Gasteiger partial charge is 0.238 e. The minimum absolute atomic E-state index is 0.0305. The maximum Gasteiger partial charge on any atom is 0.238 e. The molecule has 204 valence electrons. The molecule has 6 rings (SSSR count). The van der Waals surface area contributed by atoms with E-state index in [1.54, 1.807) is 0 Å². The van der Waals surface area contributed by atoms with Gasteiger partial charge in [0, 0.05) is 53.9 Å². The predicted molar refractivity (Wildman–Crippen MR) is 161 cm³/mol. The van der Waals surface area contributed by atoms with Crippen LogP contribution < -0.4 is 5.32 Å². The van der Waals surface area contributed by atoms with E-state index >= 15 is 0 Å². The lowest BCUT2D eigenvalue weighted by atomic mass is 10.00. The van der Waals surface area contributed by atoms with E-state index in [9.17, 15) is 4.79 Å². The zero-order valence-corrected chi connectivity index (χ0v) is 23.3. The van der Waals surface area contributed by atoms with Gasteiger partial charge < -0.3 is 15.2 Å². The minimum Gasteiger partial charge on any atom is -0.339 e. The fourth-order valence-corrected chi connectivity index (χ4v) is 5.53. The average molecular weight is 534 g/mol. The van der Waals surface area contributed by atoms with Gasteiger partial charge in [0.1, 0.15) is 11.3 Å². The number of hydrogen-bond acceptors (Lipinski definition) is 5. The van der Waals surface area contributed by atoms with Crippen LogP contribution in [0.15, 0.2) is 73.1 Å². The molecular formula is C32H35N7O. The van der Waals surface area contributed by atoms with Crippen LogP contribution in [0.5, 0.6) is 0 Å². The molecule has 0 radical (unpaired) electrons. The summed E-state index contributed by atoms with van der Waals surface area (Å²) < 4.78 is 1.85. The van der Waals surface area contributed by atoms with Gasteiger partial charge in [-0.2, -0.15) is 5.10 Å². The first kappa shape index (κ1) is 26.0. The zero-order valence-electron chi connectivity index (χ0n) is 23.3. The van der Waals surface area contributed by atoms with Gasteiger partial charge in [-0.25, -0.2) is 4.98 Å². The van der Waals surface area contributed by atoms with Crippen LogP contribution in [0, 0.1) is 0 Å². The maximum absolute atomic E-state index is 12.5. The summed E-state index contributed by atoms with van der Waals surface area (Å²) in [6.07, 6.45) is 6.24. The fourth-order valence-electron chi connectivity index (χ4n) is 5.53. The molecular weight excluding hydrogens is 498 g/mol. The van der Waals surface area contributed by atoms with Crippen LogP contribution >= 0.6 is 0 Å². The molecule has 0 bridgehead atoms. The van der Waals surface area contributed by atoms with Crippen LogP contribution in [0.1, 0.15) is 18.4 Å². The molecule has 2 aromatic carbocycles. The Kier molecular flexibility index (Phi) is 7.19. The highest BCUT2D eigenvalue weighted by Crippen LogP contribution is 2.36. The molecule has 3 aromatic heterocycles. The Hall–Kier alpha value is -4.27. The van der Waals surface area contributed by atoms with Crippen LogP contribution in [0.25, 0.3) is 44.7 Å². The number of benzene rings is 2. The number of aryl methyl sites for hydroxylation is 1. The number of carbonyl (C=O) groups excluding carboxylic acids is 1. The topological polar surface area (TPSA) is 82.1 Å². The monoisotopic (exact) mass is 533 g/mol. The molecule has 0 spiro atoms. The number of anilines is 1. The Morgan fingerprint density at radius 1 is 0.975 bits per heavy atom. The fraction of sp³-hybridized carbons (Fsp3) is 0.281. The largest absolute Gasteiger partial charge is 0.339 e. The molecule has 8 nitrogen and oxygen atoms in total. The van der Waals surface area contributed by atoms with Crippen LogP contribution in [0.2, 0.25) is 0 Å². The van der Waals surface area contributed by atoms with Crippen LogP contribution in [0.3, 0.4) is 0 Å². The van der Waals surface area contributed by atoms with Crippen molar-refractivity contribution in [3.63, 3.8) is 0 Å². The summed E-state index contributed by atoms with van der Waals surface area (Å²) in [7, 11) is 6.10. The number of aromatic nitrogens is 4. The van der Waals surface area contributed by atoms with Crippen molar-refractivity contribution in [3.05, 3.63) is 78.6 Å². The lowest BCUT2D eigenvalue weighted by molar-refractivity contribution is -0.117. The number of carbonyl (C=O) groups is 1. The van der Waals surface area contributed by atoms with Gasteiger partial charge in [0.2, 0.25) is 5.91 Å². The number of hydrogen-bond donors (Lipinski definition) is 2. The number of amides is 1. The van der Waals surface area contributed by atoms with Gasteiger partial charge >= 0.3 is 0 Å². The van der Waals surface area contributed by atoms with E-state index in [1.165, 1.54) is 18.4 Å². The normalized spacial score (nSPS) is 13.9. The summed E-state index contributed by atoms with van der Waals surface area (Å²) in [5.41, 5.74) is 9.06. The molecule has 1 amide bonds. The second kappa shape index (κ2) is 11.1. The lowest BCUT2D eigenvalue weighted by Crippen LogP contribution is -2.30. The van der Waals surface area contributed by atoms with E-state index in [4.69, 9.17) is 5.10 Å². The van der Waals surface area contributed by atoms with Gasteiger partial charge in [-0.1, -0.05) is 36.4 Å². The van der Waals surface area contributed by atoms with Gasteiger partial charge in [0.05, 0.1) is 6.54 Å². The Labute approximate surface area is 234 Å². The number of aromatic amines is 1. The second-order valence-corrected chi connectivity index (χ2v) is 10.9. The average Bonchev–Trinajstić information content (AvgIpc) is 3.69. The predicted octanol–water partition coefficient (Wildman–Crippen LogP) is 5.39. The molecule has 5 aromatic rings. The van der Waals surface area contributed by atoms with Crippen molar-refractivity contribution in [2.45, 2.75) is 19.4 Å². The first-order valence-electron chi connectivity index (χ1n) is 13.8. The highest BCUT2D eigenvalue weighted by Gasteiger charge is 2.18. The molecule has 0 aliphatic carbocycles. The number of likely N-dealkylation sites (tertiary alicyclic amines) is 1. The van der Waals surface area contributed by atoms with Gasteiger partial charge in [-0.3, -0.25) is 14.4 Å². The number of pyridine rings is 1. The van der Waals surface area contributed by atoms with E-state index in [0.29, 0.717) is 6.54 Å². The summed E-state index contributed by atoms with van der Waals surface area (Å²) in [5.74, 6) is 0.0305.